The molecular weight excluding hydrogens is 617 g/mol. The summed E-state index contributed by atoms with van der Waals surface area (Å²) in [5.74, 6) is 1.86. The number of carbonyl (C=O) groups excluding carboxylic acids is 1. The predicted molar refractivity (Wildman–Crippen MR) is 175 cm³/mol. The molecule has 4 aromatic rings. The number of aromatic nitrogens is 3. The zero-order chi connectivity index (χ0) is 32.8. The Bertz CT molecular complexity index is 1720. The molecule has 240 valence electrons. The molecule has 0 saturated carbocycles. The standard InChI is InChI=1S/C33H33F3N6O3S/c1-21(2)28-15-14-27(44-4)18-29(28)41-16-5-17-46-32(41)39-31(43)37-19-22(3)23-6-8-24(9-7-23)30-38-20-42(40-30)25-10-12-26(13-11-25)45-33(34,35)36/h6-15,18-22H,5,16-17H2,1-4H3. The van der Waals surface area contributed by atoms with E-state index < -0.39 is 12.4 Å². The molecule has 0 spiro atoms. The molecule has 46 heavy (non-hydrogen) atoms. The van der Waals surface area contributed by atoms with Gasteiger partial charge in [-0.3, -0.25) is 0 Å². The summed E-state index contributed by atoms with van der Waals surface area (Å²) in [6.07, 6.45) is -0.724. The van der Waals surface area contributed by atoms with Gasteiger partial charge in [-0.1, -0.05) is 62.9 Å². The first-order valence-corrected chi connectivity index (χ1v) is 15.6. The number of thioether (sulfide) groups is 1. The van der Waals surface area contributed by atoms with E-state index in [0.717, 1.165) is 46.8 Å². The smallest absolute Gasteiger partial charge is 0.497 e. The number of halogens is 3. The van der Waals surface area contributed by atoms with Gasteiger partial charge in [0, 0.05) is 41.7 Å². The van der Waals surface area contributed by atoms with Crippen molar-refractivity contribution in [2.45, 2.75) is 45.4 Å². The molecule has 1 unspecified atom stereocenters. The molecule has 0 bridgehead atoms. The second-order valence-electron chi connectivity index (χ2n) is 10.9. The summed E-state index contributed by atoms with van der Waals surface area (Å²) in [7, 11) is 1.64. The monoisotopic (exact) mass is 650 g/mol. The fourth-order valence-electron chi connectivity index (χ4n) is 4.88. The SMILES string of the molecule is COc1ccc(C(C)C)c(N2CCCSC2=NC(=O)N=CC(C)c2ccc(-c3ncn(-c4ccc(OC(F)(F)F)cc4)n3)cc2)c1. The van der Waals surface area contributed by atoms with Crippen LogP contribution in [0.1, 0.15) is 50.2 Å². The fraction of sp³-hybridized carbons (Fsp3) is 0.303. The molecule has 2 heterocycles. The van der Waals surface area contributed by atoms with Crippen molar-refractivity contribution < 1.29 is 27.4 Å². The quantitative estimate of drug-likeness (QED) is 0.177. The number of urea groups is 1. The Balaban J connectivity index is 1.25. The van der Waals surface area contributed by atoms with Gasteiger partial charge in [0.15, 0.2) is 11.0 Å². The number of aliphatic imine (C=N–C) groups is 2. The van der Waals surface area contributed by atoms with Gasteiger partial charge in [0.25, 0.3) is 0 Å². The Morgan fingerprint density at radius 2 is 1.74 bits per heavy atom. The topological polar surface area (TPSA) is 94.2 Å². The van der Waals surface area contributed by atoms with Gasteiger partial charge < -0.3 is 14.4 Å². The third-order valence-electron chi connectivity index (χ3n) is 7.26. The molecular formula is C33H33F3N6O3S. The zero-order valence-electron chi connectivity index (χ0n) is 25.7. The highest BCUT2D eigenvalue weighted by Crippen LogP contribution is 2.35. The second kappa shape index (κ2) is 14.2. The maximum absolute atomic E-state index is 12.9. The van der Waals surface area contributed by atoms with E-state index in [0.29, 0.717) is 16.7 Å². The molecule has 1 atom stereocenters. The Labute approximate surface area is 269 Å². The number of amides is 2. The van der Waals surface area contributed by atoms with Crippen molar-refractivity contribution >= 4 is 34.9 Å². The van der Waals surface area contributed by atoms with Crippen LogP contribution in [0.5, 0.6) is 11.5 Å². The highest BCUT2D eigenvalue weighted by molar-refractivity contribution is 8.14. The molecule has 1 aromatic heterocycles. The summed E-state index contributed by atoms with van der Waals surface area (Å²) >= 11 is 1.54. The van der Waals surface area contributed by atoms with Gasteiger partial charge in [0.1, 0.15) is 17.8 Å². The van der Waals surface area contributed by atoms with Gasteiger partial charge in [-0.15, -0.1) is 18.3 Å². The molecule has 0 aliphatic carbocycles. The average molecular weight is 651 g/mol. The first kappa shape index (κ1) is 32.7. The third-order valence-corrected chi connectivity index (χ3v) is 8.32. The van der Waals surface area contributed by atoms with Gasteiger partial charge in [-0.25, -0.2) is 19.5 Å². The molecule has 1 aliphatic rings. The molecule has 3 aromatic carbocycles. The van der Waals surface area contributed by atoms with Crippen LogP contribution in [0.25, 0.3) is 17.1 Å². The number of alkyl halides is 3. The Kier molecular flexibility index (Phi) is 10.1. The fourth-order valence-corrected chi connectivity index (χ4v) is 5.82. The lowest BCUT2D eigenvalue weighted by Crippen LogP contribution is -2.35. The molecule has 9 nitrogen and oxygen atoms in total. The normalized spacial score (nSPS) is 15.5. The van der Waals surface area contributed by atoms with Crippen LogP contribution in [0.15, 0.2) is 83.0 Å². The number of rotatable bonds is 8. The van der Waals surface area contributed by atoms with E-state index in [2.05, 4.69) is 49.6 Å². The Morgan fingerprint density at radius 1 is 1.02 bits per heavy atom. The van der Waals surface area contributed by atoms with Crippen molar-refractivity contribution in [1.82, 2.24) is 14.8 Å². The van der Waals surface area contributed by atoms with Gasteiger partial charge in [-0.05, 0) is 53.8 Å². The summed E-state index contributed by atoms with van der Waals surface area (Å²) in [6, 6.07) is 18.3. The van der Waals surface area contributed by atoms with E-state index >= 15 is 0 Å². The zero-order valence-corrected chi connectivity index (χ0v) is 26.5. The van der Waals surface area contributed by atoms with Crippen LogP contribution in [0.4, 0.5) is 23.7 Å². The van der Waals surface area contributed by atoms with Gasteiger partial charge in [0.05, 0.1) is 12.8 Å². The second-order valence-corrected chi connectivity index (χ2v) is 11.9. The van der Waals surface area contributed by atoms with Crippen LogP contribution in [-0.4, -0.2) is 57.9 Å². The van der Waals surface area contributed by atoms with Crippen LogP contribution in [0.3, 0.4) is 0 Å². The molecule has 13 heteroatoms. The van der Waals surface area contributed by atoms with Crippen molar-refractivity contribution in [3.05, 3.63) is 84.2 Å². The van der Waals surface area contributed by atoms with E-state index in [1.165, 1.54) is 35.3 Å². The number of hydrogen-bond donors (Lipinski definition) is 0. The van der Waals surface area contributed by atoms with Gasteiger partial charge >= 0.3 is 12.4 Å². The molecule has 2 amide bonds. The molecule has 0 radical (unpaired) electrons. The maximum atomic E-state index is 12.9. The largest absolute Gasteiger partial charge is 0.573 e. The van der Waals surface area contributed by atoms with Crippen LogP contribution in [0.2, 0.25) is 0 Å². The number of ether oxygens (including phenoxy) is 2. The summed E-state index contributed by atoms with van der Waals surface area (Å²) in [6.45, 7) is 6.95. The van der Waals surface area contributed by atoms with Crippen molar-refractivity contribution in [1.29, 1.82) is 0 Å². The molecule has 1 saturated heterocycles. The Hall–Kier alpha value is -4.65. The lowest BCUT2D eigenvalue weighted by Gasteiger charge is -2.32. The van der Waals surface area contributed by atoms with Gasteiger partial charge in [0.2, 0.25) is 0 Å². The molecule has 1 fully saturated rings. The van der Waals surface area contributed by atoms with Crippen molar-refractivity contribution in [2.75, 3.05) is 24.3 Å². The van der Waals surface area contributed by atoms with E-state index in [-0.39, 0.29) is 17.6 Å². The number of nitrogens with zero attached hydrogens (tertiary/aromatic N) is 6. The van der Waals surface area contributed by atoms with Crippen molar-refractivity contribution in [3.63, 3.8) is 0 Å². The highest BCUT2D eigenvalue weighted by atomic mass is 32.2. The number of hydrogen-bond acceptors (Lipinski definition) is 6. The van der Waals surface area contributed by atoms with Crippen molar-refractivity contribution in [2.24, 2.45) is 9.98 Å². The summed E-state index contributed by atoms with van der Waals surface area (Å²) in [5, 5.41) is 5.06. The minimum atomic E-state index is -4.76. The first-order chi connectivity index (χ1) is 22.0. The van der Waals surface area contributed by atoms with E-state index in [4.69, 9.17) is 4.74 Å². The summed E-state index contributed by atoms with van der Waals surface area (Å²) in [4.78, 5) is 27.8. The molecule has 1 aliphatic heterocycles. The van der Waals surface area contributed by atoms with Crippen LogP contribution < -0.4 is 14.4 Å². The van der Waals surface area contributed by atoms with E-state index in [1.807, 2.05) is 43.3 Å². The lowest BCUT2D eigenvalue weighted by molar-refractivity contribution is -0.274. The van der Waals surface area contributed by atoms with E-state index in [1.54, 1.807) is 25.1 Å². The lowest BCUT2D eigenvalue weighted by atomic mass is 10.00. The highest BCUT2D eigenvalue weighted by Gasteiger charge is 2.31. The number of carbonyl (C=O) groups is 1. The Morgan fingerprint density at radius 3 is 2.41 bits per heavy atom. The number of amidine groups is 1. The number of anilines is 1. The average Bonchev–Trinajstić information content (AvgIpc) is 3.54. The van der Waals surface area contributed by atoms with Crippen LogP contribution in [-0.2, 0) is 0 Å². The number of benzene rings is 3. The third kappa shape index (κ3) is 8.13. The predicted octanol–water partition coefficient (Wildman–Crippen LogP) is 8.26. The molecule has 5 rings (SSSR count). The number of methoxy groups -OCH3 is 1. The minimum absolute atomic E-state index is 0.165. The van der Waals surface area contributed by atoms with Crippen LogP contribution >= 0.6 is 11.8 Å². The molecule has 0 N–H and O–H groups in total. The van der Waals surface area contributed by atoms with Crippen LogP contribution in [0, 0.1) is 0 Å². The minimum Gasteiger partial charge on any atom is -0.497 e. The van der Waals surface area contributed by atoms with Crippen molar-refractivity contribution in [3.8, 4) is 28.6 Å². The first-order valence-electron chi connectivity index (χ1n) is 14.6. The maximum Gasteiger partial charge on any atom is 0.573 e. The van der Waals surface area contributed by atoms with Gasteiger partial charge in [-0.2, -0.15) is 4.99 Å². The summed E-state index contributed by atoms with van der Waals surface area (Å²) in [5.41, 5.74) is 4.35. The van der Waals surface area contributed by atoms with E-state index in [9.17, 15) is 18.0 Å². The summed E-state index contributed by atoms with van der Waals surface area (Å²) < 4.78 is 48.2.